The predicted molar refractivity (Wildman–Crippen MR) is 221 cm³/mol. The molecule has 0 amide bonds. The van der Waals surface area contributed by atoms with Crippen molar-refractivity contribution in [2.75, 3.05) is 0 Å². The van der Waals surface area contributed by atoms with Crippen molar-refractivity contribution in [3.63, 3.8) is 0 Å². The Morgan fingerprint density at radius 1 is 0.389 bits per heavy atom. The Morgan fingerprint density at radius 2 is 0.963 bits per heavy atom. The molecule has 5 heteroatoms. The summed E-state index contributed by atoms with van der Waals surface area (Å²) in [6.07, 6.45) is 0. The van der Waals surface area contributed by atoms with E-state index in [0.717, 1.165) is 60.9 Å². The van der Waals surface area contributed by atoms with Crippen molar-refractivity contribution in [1.82, 2.24) is 19.5 Å². The molecule has 0 bridgehead atoms. The Bertz CT molecular complexity index is 3140. The molecule has 0 aliphatic rings. The Kier molecular flexibility index (Phi) is 6.79. The lowest BCUT2D eigenvalue weighted by molar-refractivity contribution is 0.666. The van der Waals surface area contributed by atoms with Crippen LogP contribution in [0, 0.1) is 0 Å². The normalized spacial score (nSPS) is 11.7. The molecule has 0 saturated carbocycles. The minimum Gasteiger partial charge on any atom is -0.454 e. The summed E-state index contributed by atoms with van der Waals surface area (Å²) in [6, 6.07) is 63.3. The number of nitrogens with zero attached hydrogens (tertiary/aromatic N) is 4. The molecule has 3 heterocycles. The zero-order valence-electron chi connectivity index (χ0n) is 29.0. The molecular weight excluding hydrogens is 661 g/mol. The third-order valence-corrected chi connectivity index (χ3v) is 10.4. The van der Waals surface area contributed by atoms with Crippen LogP contribution in [-0.4, -0.2) is 19.5 Å². The molecule has 3 aromatic heterocycles. The van der Waals surface area contributed by atoms with Crippen LogP contribution in [0.3, 0.4) is 0 Å². The fourth-order valence-corrected chi connectivity index (χ4v) is 7.88. The third-order valence-electron chi connectivity index (χ3n) is 10.4. The van der Waals surface area contributed by atoms with Gasteiger partial charge >= 0.3 is 0 Å². The molecule has 0 radical (unpaired) electrons. The van der Waals surface area contributed by atoms with Gasteiger partial charge in [0.25, 0.3) is 0 Å². The molecular formula is C49H30N4O. The van der Waals surface area contributed by atoms with E-state index >= 15 is 0 Å². The molecule has 252 valence electrons. The lowest BCUT2D eigenvalue weighted by atomic mass is 10.0. The van der Waals surface area contributed by atoms with E-state index in [1.807, 2.05) is 72.8 Å². The van der Waals surface area contributed by atoms with Gasteiger partial charge in [-0.05, 0) is 58.3 Å². The van der Waals surface area contributed by atoms with Crippen molar-refractivity contribution in [1.29, 1.82) is 0 Å². The zero-order chi connectivity index (χ0) is 35.6. The number of para-hydroxylation sites is 1. The first-order chi connectivity index (χ1) is 26.8. The van der Waals surface area contributed by atoms with Gasteiger partial charge in [0, 0.05) is 38.2 Å². The van der Waals surface area contributed by atoms with Crippen molar-refractivity contribution < 1.29 is 4.42 Å². The van der Waals surface area contributed by atoms with Crippen LogP contribution >= 0.6 is 0 Å². The lowest BCUT2D eigenvalue weighted by Crippen LogP contribution is -2.01. The Labute approximate surface area is 310 Å². The van der Waals surface area contributed by atoms with Gasteiger partial charge < -0.3 is 8.98 Å². The Hall–Kier alpha value is -7.37. The number of benzene rings is 8. The second-order valence-corrected chi connectivity index (χ2v) is 13.6. The summed E-state index contributed by atoms with van der Waals surface area (Å²) in [5.41, 5.74) is 9.80. The molecule has 0 atom stereocenters. The molecule has 54 heavy (non-hydrogen) atoms. The van der Waals surface area contributed by atoms with Gasteiger partial charge in [-0.3, -0.25) is 0 Å². The number of hydrogen-bond acceptors (Lipinski definition) is 4. The van der Waals surface area contributed by atoms with E-state index < -0.39 is 0 Å². The molecule has 0 aliphatic heterocycles. The first-order valence-corrected chi connectivity index (χ1v) is 18.1. The minimum atomic E-state index is 0.588. The fourth-order valence-electron chi connectivity index (χ4n) is 7.88. The van der Waals surface area contributed by atoms with E-state index in [-0.39, 0.29) is 0 Å². The van der Waals surface area contributed by atoms with Crippen LogP contribution in [-0.2, 0) is 0 Å². The van der Waals surface area contributed by atoms with E-state index in [1.54, 1.807) is 0 Å². The highest BCUT2D eigenvalue weighted by atomic mass is 16.3. The first-order valence-electron chi connectivity index (χ1n) is 18.1. The standard InChI is InChI=1S/C49H30N4O/c1-4-14-31(15-5-1)36-24-25-37-40-28-34-20-10-11-21-35(34)29-43(40)53(42(37)30-36)41-27-26-39(45-38-22-12-13-23-44(38)54-46(41)45)49-51-47(32-16-6-2-7-17-32)50-48(52-49)33-18-8-3-9-19-33/h1-30H. The van der Waals surface area contributed by atoms with E-state index in [1.165, 1.54) is 27.1 Å². The summed E-state index contributed by atoms with van der Waals surface area (Å²) in [5, 5.41) is 6.72. The summed E-state index contributed by atoms with van der Waals surface area (Å²) >= 11 is 0. The predicted octanol–water partition coefficient (Wildman–Crippen LogP) is 12.7. The topological polar surface area (TPSA) is 56.7 Å². The van der Waals surface area contributed by atoms with Gasteiger partial charge in [-0.1, -0.05) is 146 Å². The van der Waals surface area contributed by atoms with E-state index in [4.69, 9.17) is 19.4 Å². The zero-order valence-corrected chi connectivity index (χ0v) is 29.0. The molecule has 0 fully saturated rings. The summed E-state index contributed by atoms with van der Waals surface area (Å²) < 4.78 is 9.28. The van der Waals surface area contributed by atoms with Crippen LogP contribution < -0.4 is 0 Å². The third kappa shape index (κ3) is 4.83. The molecule has 8 aromatic carbocycles. The van der Waals surface area contributed by atoms with Gasteiger partial charge in [-0.25, -0.2) is 15.0 Å². The molecule has 11 aromatic rings. The molecule has 0 saturated heterocycles. The van der Waals surface area contributed by atoms with Gasteiger partial charge in [0.15, 0.2) is 23.1 Å². The molecule has 5 nitrogen and oxygen atoms in total. The smallest absolute Gasteiger partial charge is 0.164 e. The number of furan rings is 1. The summed E-state index contributed by atoms with van der Waals surface area (Å²) in [6.45, 7) is 0. The van der Waals surface area contributed by atoms with Gasteiger partial charge in [0.2, 0.25) is 0 Å². The molecule has 0 spiro atoms. The minimum absolute atomic E-state index is 0.588. The maximum atomic E-state index is 6.91. The van der Waals surface area contributed by atoms with Crippen LogP contribution in [0.5, 0.6) is 0 Å². The van der Waals surface area contributed by atoms with E-state index in [2.05, 4.69) is 114 Å². The Morgan fingerprint density at radius 3 is 1.67 bits per heavy atom. The van der Waals surface area contributed by atoms with Crippen molar-refractivity contribution in [3.8, 4) is 51.0 Å². The van der Waals surface area contributed by atoms with Crippen LogP contribution in [0.2, 0.25) is 0 Å². The van der Waals surface area contributed by atoms with Gasteiger partial charge in [-0.15, -0.1) is 0 Å². The Balaban J connectivity index is 1.23. The number of aromatic nitrogens is 4. The second kappa shape index (κ2) is 12.1. The van der Waals surface area contributed by atoms with E-state index in [9.17, 15) is 0 Å². The lowest BCUT2D eigenvalue weighted by Gasteiger charge is -2.13. The van der Waals surface area contributed by atoms with Crippen LogP contribution in [0.1, 0.15) is 0 Å². The second-order valence-electron chi connectivity index (χ2n) is 13.6. The highest BCUT2D eigenvalue weighted by Gasteiger charge is 2.23. The average molecular weight is 691 g/mol. The van der Waals surface area contributed by atoms with Crippen molar-refractivity contribution >= 4 is 54.5 Å². The average Bonchev–Trinajstić information content (AvgIpc) is 3.79. The largest absolute Gasteiger partial charge is 0.454 e. The molecule has 0 unspecified atom stereocenters. The number of rotatable bonds is 5. The fraction of sp³-hybridized carbons (Fsp3) is 0. The maximum absolute atomic E-state index is 6.91. The van der Waals surface area contributed by atoms with Gasteiger partial charge in [-0.2, -0.15) is 0 Å². The van der Waals surface area contributed by atoms with Crippen LogP contribution in [0.4, 0.5) is 0 Å². The molecule has 0 N–H and O–H groups in total. The number of fused-ring (bicyclic) bond motifs is 7. The summed E-state index contributed by atoms with van der Waals surface area (Å²) in [4.78, 5) is 15.2. The number of hydrogen-bond donors (Lipinski definition) is 0. The monoisotopic (exact) mass is 690 g/mol. The van der Waals surface area contributed by atoms with Crippen molar-refractivity contribution in [2.45, 2.75) is 0 Å². The SMILES string of the molecule is c1ccc(-c2ccc3c4cc5ccccc5cc4n(-c4ccc(-c5nc(-c6ccccc6)nc(-c6ccccc6)n5)c5c4oc4ccccc45)c3c2)cc1. The van der Waals surface area contributed by atoms with Gasteiger partial charge in [0.05, 0.1) is 16.7 Å². The van der Waals surface area contributed by atoms with Crippen molar-refractivity contribution in [2.24, 2.45) is 0 Å². The summed E-state index contributed by atoms with van der Waals surface area (Å²) in [7, 11) is 0. The highest BCUT2D eigenvalue weighted by Crippen LogP contribution is 2.43. The maximum Gasteiger partial charge on any atom is 0.164 e. The van der Waals surface area contributed by atoms with Crippen molar-refractivity contribution in [3.05, 3.63) is 182 Å². The van der Waals surface area contributed by atoms with Crippen LogP contribution in [0.25, 0.3) is 105 Å². The summed E-state index contributed by atoms with van der Waals surface area (Å²) in [5.74, 6) is 1.82. The molecule has 11 rings (SSSR count). The van der Waals surface area contributed by atoms with Gasteiger partial charge in [0.1, 0.15) is 5.58 Å². The first kappa shape index (κ1) is 30.3. The quantitative estimate of drug-likeness (QED) is 0.180. The highest BCUT2D eigenvalue weighted by molar-refractivity contribution is 6.18. The van der Waals surface area contributed by atoms with E-state index in [0.29, 0.717) is 17.5 Å². The molecule has 0 aliphatic carbocycles. The van der Waals surface area contributed by atoms with Crippen LogP contribution in [0.15, 0.2) is 186 Å².